The molecule has 62 heavy (non-hydrogen) atoms. The first-order chi connectivity index (χ1) is 30.7. The molecule has 0 fully saturated rings. The Labute approximate surface area is 357 Å². The molecule has 0 aliphatic rings. The van der Waals surface area contributed by atoms with Crippen molar-refractivity contribution >= 4 is 93.4 Å². The van der Waals surface area contributed by atoms with Crippen molar-refractivity contribution in [3.8, 4) is 22.5 Å². The molecule has 13 aromatic rings. The number of nitrogens with zero attached hydrogens (tertiary/aromatic N) is 3. The van der Waals surface area contributed by atoms with E-state index in [-0.39, 0.29) is 0 Å². The summed E-state index contributed by atoms with van der Waals surface area (Å²) in [5.41, 5.74) is 14.3. The summed E-state index contributed by atoms with van der Waals surface area (Å²) in [4.78, 5) is 2.34. The van der Waals surface area contributed by atoms with Crippen LogP contribution in [0.5, 0.6) is 0 Å². The Balaban J connectivity index is 0.942. The van der Waals surface area contributed by atoms with Gasteiger partial charge in [0.15, 0.2) is 5.58 Å². The Bertz CT molecular complexity index is 3820. The number of rotatable bonds is 6. The molecular formula is C58H37N3O. The molecule has 4 heteroatoms. The van der Waals surface area contributed by atoms with E-state index in [1.54, 1.807) is 0 Å². The summed E-state index contributed by atoms with van der Waals surface area (Å²) in [6.45, 7) is 0. The van der Waals surface area contributed by atoms with E-state index in [9.17, 15) is 0 Å². The van der Waals surface area contributed by atoms with Crippen LogP contribution in [-0.4, -0.2) is 9.13 Å². The molecule has 0 spiro atoms. The van der Waals surface area contributed by atoms with Crippen LogP contribution in [0.1, 0.15) is 0 Å². The smallest absolute Gasteiger partial charge is 0.159 e. The highest BCUT2D eigenvalue weighted by Crippen LogP contribution is 2.44. The Kier molecular flexibility index (Phi) is 7.57. The van der Waals surface area contributed by atoms with Gasteiger partial charge in [0.05, 0.1) is 27.8 Å². The number of anilines is 3. The van der Waals surface area contributed by atoms with E-state index in [0.29, 0.717) is 0 Å². The van der Waals surface area contributed by atoms with Crippen LogP contribution in [0.3, 0.4) is 0 Å². The van der Waals surface area contributed by atoms with Gasteiger partial charge in [0, 0.05) is 55.1 Å². The minimum Gasteiger partial charge on any atom is -0.454 e. The monoisotopic (exact) mass is 791 g/mol. The van der Waals surface area contributed by atoms with E-state index in [1.165, 1.54) is 54.6 Å². The first-order valence-electron chi connectivity index (χ1n) is 21.2. The zero-order valence-corrected chi connectivity index (χ0v) is 33.6. The number of hydrogen-bond acceptors (Lipinski definition) is 2. The summed E-state index contributed by atoms with van der Waals surface area (Å²) in [5, 5.41) is 9.55. The SMILES string of the molecule is c1ccc(-n2c3ccccc3c3cc(-c4ccc(N(c5ccc6cc(-n7c8ccccc8c8ccccc87)ccc6c5)c5cccc6c5oc5ccccc56)cc4)ccc32)cc1. The number of para-hydroxylation sites is 6. The van der Waals surface area contributed by atoms with Gasteiger partial charge in [-0.2, -0.15) is 0 Å². The first-order valence-corrected chi connectivity index (χ1v) is 21.2. The predicted octanol–water partition coefficient (Wildman–Crippen LogP) is 16.1. The van der Waals surface area contributed by atoms with Crippen molar-refractivity contribution < 1.29 is 4.42 Å². The van der Waals surface area contributed by atoms with Crippen molar-refractivity contribution in [1.29, 1.82) is 0 Å². The lowest BCUT2D eigenvalue weighted by atomic mass is 10.0. The first kappa shape index (κ1) is 34.5. The maximum absolute atomic E-state index is 6.68. The van der Waals surface area contributed by atoms with Gasteiger partial charge in [-0.25, -0.2) is 0 Å². The van der Waals surface area contributed by atoms with E-state index in [1.807, 2.05) is 6.07 Å². The molecule has 3 heterocycles. The standard InChI is InChI=1S/C58H37N3O/c1-2-13-42(14-3-1)60-54-22-10-6-17-48(54)51-37-41(29-34-55(51)60)38-25-30-43(31-26-38)59(56-23-12-19-50-49-18-7-11-24-57(49)62-58(50)56)44-32-27-40-36-45(33-28-39(40)35-44)61-52-20-8-4-15-46(52)47-16-5-9-21-53(47)61/h1-37H. The van der Waals surface area contributed by atoms with Crippen LogP contribution in [0.2, 0.25) is 0 Å². The Morgan fingerprint density at radius 1 is 0.323 bits per heavy atom. The molecule has 3 aromatic heterocycles. The van der Waals surface area contributed by atoms with Crippen molar-refractivity contribution in [2.24, 2.45) is 0 Å². The van der Waals surface area contributed by atoms with Crippen LogP contribution >= 0.6 is 0 Å². The van der Waals surface area contributed by atoms with Crippen LogP contribution < -0.4 is 4.90 Å². The second-order valence-corrected chi connectivity index (χ2v) is 16.1. The Morgan fingerprint density at radius 2 is 0.871 bits per heavy atom. The van der Waals surface area contributed by atoms with Crippen LogP contribution in [0, 0.1) is 0 Å². The number of benzene rings is 10. The predicted molar refractivity (Wildman–Crippen MR) is 260 cm³/mol. The zero-order valence-electron chi connectivity index (χ0n) is 33.6. The molecule has 0 radical (unpaired) electrons. The average molecular weight is 792 g/mol. The van der Waals surface area contributed by atoms with Gasteiger partial charge in [-0.15, -0.1) is 0 Å². The maximum Gasteiger partial charge on any atom is 0.159 e. The highest BCUT2D eigenvalue weighted by atomic mass is 16.3. The molecule has 4 nitrogen and oxygen atoms in total. The highest BCUT2D eigenvalue weighted by Gasteiger charge is 2.21. The van der Waals surface area contributed by atoms with E-state index in [4.69, 9.17) is 4.42 Å². The lowest BCUT2D eigenvalue weighted by molar-refractivity contribution is 0.669. The van der Waals surface area contributed by atoms with E-state index >= 15 is 0 Å². The third-order valence-corrected chi connectivity index (χ3v) is 12.7. The van der Waals surface area contributed by atoms with Crippen LogP contribution in [0.25, 0.3) is 98.8 Å². The fourth-order valence-electron chi connectivity index (χ4n) is 9.85. The third-order valence-electron chi connectivity index (χ3n) is 12.7. The number of hydrogen-bond donors (Lipinski definition) is 0. The molecule has 0 aliphatic heterocycles. The summed E-state index contributed by atoms with van der Waals surface area (Å²) in [6.07, 6.45) is 0. The maximum atomic E-state index is 6.68. The van der Waals surface area contributed by atoms with Gasteiger partial charge in [0.2, 0.25) is 0 Å². The number of furan rings is 1. The minimum absolute atomic E-state index is 0.861. The van der Waals surface area contributed by atoms with Gasteiger partial charge in [-0.1, -0.05) is 133 Å². The zero-order chi connectivity index (χ0) is 40.7. The molecule has 13 rings (SSSR count). The molecule has 0 unspecified atom stereocenters. The molecule has 0 atom stereocenters. The Morgan fingerprint density at radius 3 is 1.61 bits per heavy atom. The summed E-state index contributed by atoms with van der Waals surface area (Å²) < 4.78 is 11.4. The summed E-state index contributed by atoms with van der Waals surface area (Å²) in [5.74, 6) is 0. The molecule has 0 saturated heterocycles. The van der Waals surface area contributed by atoms with Crippen LogP contribution in [0.4, 0.5) is 17.1 Å². The van der Waals surface area contributed by atoms with Gasteiger partial charge in [-0.05, 0) is 113 Å². The van der Waals surface area contributed by atoms with E-state index < -0.39 is 0 Å². The molecule has 0 saturated carbocycles. The van der Waals surface area contributed by atoms with Crippen molar-refractivity contribution in [3.05, 3.63) is 224 Å². The molecule has 0 N–H and O–H groups in total. The minimum atomic E-state index is 0.861. The second kappa shape index (κ2) is 13.6. The fourth-order valence-corrected chi connectivity index (χ4v) is 9.85. The lowest BCUT2D eigenvalue weighted by Crippen LogP contribution is -2.10. The largest absolute Gasteiger partial charge is 0.454 e. The van der Waals surface area contributed by atoms with E-state index in [0.717, 1.165) is 61.3 Å². The van der Waals surface area contributed by atoms with Gasteiger partial charge in [-0.3, -0.25) is 0 Å². The molecule has 0 aliphatic carbocycles. The van der Waals surface area contributed by atoms with E-state index in [2.05, 4.69) is 232 Å². The highest BCUT2D eigenvalue weighted by molar-refractivity contribution is 6.12. The molecule has 290 valence electrons. The van der Waals surface area contributed by atoms with Gasteiger partial charge < -0.3 is 18.5 Å². The van der Waals surface area contributed by atoms with Gasteiger partial charge in [0.25, 0.3) is 0 Å². The van der Waals surface area contributed by atoms with Crippen molar-refractivity contribution in [2.75, 3.05) is 4.90 Å². The fraction of sp³-hybridized carbons (Fsp3) is 0. The van der Waals surface area contributed by atoms with Crippen molar-refractivity contribution in [3.63, 3.8) is 0 Å². The van der Waals surface area contributed by atoms with Crippen LogP contribution in [-0.2, 0) is 0 Å². The topological polar surface area (TPSA) is 26.2 Å². The summed E-state index contributed by atoms with van der Waals surface area (Å²) >= 11 is 0. The van der Waals surface area contributed by atoms with Crippen LogP contribution in [0.15, 0.2) is 229 Å². The number of aromatic nitrogens is 2. The average Bonchev–Trinajstić information content (AvgIpc) is 4.00. The Hall–Kier alpha value is -8.34. The molecule has 10 aromatic carbocycles. The summed E-state index contributed by atoms with van der Waals surface area (Å²) in [7, 11) is 0. The normalized spacial score (nSPS) is 11.9. The van der Waals surface area contributed by atoms with Gasteiger partial charge in [0.1, 0.15) is 5.58 Å². The quantitative estimate of drug-likeness (QED) is 0.168. The van der Waals surface area contributed by atoms with Gasteiger partial charge >= 0.3 is 0 Å². The third kappa shape index (κ3) is 5.27. The lowest BCUT2D eigenvalue weighted by Gasteiger charge is -2.26. The molecule has 0 bridgehead atoms. The second-order valence-electron chi connectivity index (χ2n) is 16.1. The summed E-state index contributed by atoms with van der Waals surface area (Å²) in [6, 6.07) is 80.9. The molecule has 0 amide bonds. The molecular weight excluding hydrogens is 755 g/mol. The van der Waals surface area contributed by atoms with Crippen molar-refractivity contribution in [2.45, 2.75) is 0 Å². The number of fused-ring (bicyclic) bond motifs is 10. The van der Waals surface area contributed by atoms with Crippen molar-refractivity contribution in [1.82, 2.24) is 9.13 Å².